The minimum Gasteiger partial charge on any atom is -0.352 e. The molecule has 1 amide bonds. The first-order valence-corrected chi connectivity index (χ1v) is 9.32. The lowest BCUT2D eigenvalue weighted by molar-refractivity contribution is 0.0950. The van der Waals surface area contributed by atoms with Gasteiger partial charge in [-0.3, -0.25) is 9.59 Å². The predicted molar refractivity (Wildman–Crippen MR) is 100 cm³/mol. The molecule has 1 fully saturated rings. The minimum atomic E-state index is -0.289. The Labute approximate surface area is 153 Å². The summed E-state index contributed by atoms with van der Waals surface area (Å²) in [6.07, 6.45) is 9.08. The van der Waals surface area contributed by atoms with E-state index in [0.717, 1.165) is 50.2 Å². The van der Waals surface area contributed by atoms with E-state index in [4.69, 9.17) is 0 Å². The van der Waals surface area contributed by atoms with Crippen LogP contribution in [0.3, 0.4) is 0 Å². The number of H-pyrrole nitrogens is 1. The van der Waals surface area contributed by atoms with Gasteiger partial charge in [0.05, 0.1) is 0 Å². The normalized spacial score (nSPS) is 17.2. The molecule has 140 valence electrons. The molecular weight excluding hydrogens is 330 g/mol. The van der Waals surface area contributed by atoms with Crippen LogP contribution in [0, 0.1) is 12.8 Å². The highest BCUT2D eigenvalue weighted by Gasteiger charge is 2.18. The fraction of sp³-hybridized carbons (Fsp3) is 0.526. The third kappa shape index (κ3) is 4.60. The molecule has 0 aromatic carbocycles. The van der Waals surface area contributed by atoms with E-state index in [1.54, 1.807) is 23.2 Å². The van der Waals surface area contributed by atoms with Crippen molar-refractivity contribution in [2.75, 3.05) is 19.6 Å². The van der Waals surface area contributed by atoms with Gasteiger partial charge in [0.25, 0.3) is 11.5 Å². The Morgan fingerprint density at radius 3 is 3.08 bits per heavy atom. The van der Waals surface area contributed by atoms with Crippen molar-refractivity contribution in [1.29, 1.82) is 0 Å². The van der Waals surface area contributed by atoms with Crippen LogP contribution in [0.15, 0.2) is 29.5 Å². The summed E-state index contributed by atoms with van der Waals surface area (Å²) in [5.41, 5.74) is 0.782. The lowest BCUT2D eigenvalue weighted by atomic mass is 9.99. The molecule has 1 atom stereocenters. The molecule has 0 radical (unpaired) electrons. The highest BCUT2D eigenvalue weighted by Crippen LogP contribution is 2.12. The maximum atomic E-state index is 12.8. The van der Waals surface area contributed by atoms with Crippen molar-refractivity contribution in [3.8, 4) is 0 Å². The molecule has 2 aromatic rings. The zero-order valence-corrected chi connectivity index (χ0v) is 15.3. The summed E-state index contributed by atoms with van der Waals surface area (Å²) in [6, 6.07) is 1.86. The lowest BCUT2D eigenvalue weighted by Crippen LogP contribution is -2.38. The second kappa shape index (κ2) is 8.80. The van der Waals surface area contributed by atoms with Crippen molar-refractivity contribution in [3.63, 3.8) is 0 Å². The number of piperidine rings is 1. The van der Waals surface area contributed by atoms with Crippen molar-refractivity contribution in [1.82, 2.24) is 25.2 Å². The average molecular weight is 357 g/mol. The van der Waals surface area contributed by atoms with Gasteiger partial charge in [-0.25, -0.2) is 4.98 Å². The van der Waals surface area contributed by atoms with Gasteiger partial charge < -0.3 is 20.2 Å². The molecule has 1 saturated heterocycles. The van der Waals surface area contributed by atoms with Crippen molar-refractivity contribution < 1.29 is 4.79 Å². The van der Waals surface area contributed by atoms with E-state index < -0.39 is 0 Å². The first-order chi connectivity index (χ1) is 12.6. The van der Waals surface area contributed by atoms with Crippen LogP contribution >= 0.6 is 0 Å². The fourth-order valence-electron chi connectivity index (χ4n) is 3.42. The summed E-state index contributed by atoms with van der Waals surface area (Å²) in [7, 11) is 0. The molecule has 0 bridgehead atoms. The minimum absolute atomic E-state index is 0.195. The molecule has 3 N–H and O–H groups in total. The Morgan fingerprint density at radius 2 is 2.35 bits per heavy atom. The average Bonchev–Trinajstić information content (AvgIpc) is 3.16. The van der Waals surface area contributed by atoms with Crippen molar-refractivity contribution in [3.05, 3.63) is 52.0 Å². The molecule has 7 heteroatoms. The SMILES string of the molecule is Cc1ccn(CC2CCCNC2)c(=O)c1C(=O)NCCCc1ncc[nH]1. The van der Waals surface area contributed by atoms with Gasteiger partial charge in [-0.05, 0) is 56.8 Å². The standard InChI is InChI=1S/C19H27N5O2/c1-14-6-11-24(13-15-4-2-7-20-12-15)19(26)17(14)18(25)23-8-3-5-16-21-9-10-22-16/h6,9-11,15,20H,2-5,7-8,12-13H2,1H3,(H,21,22)(H,23,25). The number of hydrogen-bond donors (Lipinski definition) is 3. The second-order valence-electron chi connectivity index (χ2n) is 6.94. The van der Waals surface area contributed by atoms with Gasteiger partial charge in [0.1, 0.15) is 11.4 Å². The van der Waals surface area contributed by atoms with E-state index in [9.17, 15) is 9.59 Å². The maximum Gasteiger partial charge on any atom is 0.263 e. The Balaban J connectivity index is 1.61. The topological polar surface area (TPSA) is 91.8 Å². The van der Waals surface area contributed by atoms with Gasteiger partial charge >= 0.3 is 0 Å². The monoisotopic (exact) mass is 357 g/mol. The second-order valence-corrected chi connectivity index (χ2v) is 6.94. The highest BCUT2D eigenvalue weighted by atomic mass is 16.2. The molecule has 26 heavy (non-hydrogen) atoms. The van der Waals surface area contributed by atoms with Crippen molar-refractivity contribution in [2.24, 2.45) is 5.92 Å². The number of aromatic nitrogens is 3. The molecule has 3 rings (SSSR count). The van der Waals surface area contributed by atoms with Crippen molar-refractivity contribution >= 4 is 5.91 Å². The van der Waals surface area contributed by atoms with Crippen LogP contribution in [0.25, 0.3) is 0 Å². The number of carbonyl (C=O) groups is 1. The van der Waals surface area contributed by atoms with E-state index in [1.165, 1.54) is 0 Å². The number of hydrogen-bond acceptors (Lipinski definition) is 4. The molecule has 1 unspecified atom stereocenters. The highest BCUT2D eigenvalue weighted by molar-refractivity contribution is 5.95. The van der Waals surface area contributed by atoms with E-state index in [-0.39, 0.29) is 17.0 Å². The van der Waals surface area contributed by atoms with Crippen LogP contribution in [0.5, 0.6) is 0 Å². The van der Waals surface area contributed by atoms with E-state index >= 15 is 0 Å². The number of pyridine rings is 1. The van der Waals surface area contributed by atoms with Crippen LogP contribution < -0.4 is 16.2 Å². The molecule has 1 aliphatic rings. The quantitative estimate of drug-likeness (QED) is 0.650. The number of nitrogens with zero attached hydrogens (tertiary/aromatic N) is 2. The van der Waals surface area contributed by atoms with Gasteiger partial charge in [-0.1, -0.05) is 0 Å². The van der Waals surface area contributed by atoms with Crippen molar-refractivity contribution in [2.45, 2.75) is 39.2 Å². The van der Waals surface area contributed by atoms with Gasteiger partial charge in [0.15, 0.2) is 0 Å². The molecule has 3 heterocycles. The van der Waals surface area contributed by atoms with Gasteiger partial charge in [0, 0.05) is 38.1 Å². The van der Waals surface area contributed by atoms with Crippen LogP contribution in [0.2, 0.25) is 0 Å². The molecular formula is C19H27N5O2. The van der Waals surface area contributed by atoms with E-state index in [2.05, 4.69) is 20.6 Å². The number of rotatable bonds is 7. The number of carbonyl (C=O) groups excluding carboxylic acids is 1. The third-order valence-electron chi connectivity index (χ3n) is 4.89. The summed E-state index contributed by atoms with van der Waals surface area (Å²) in [4.78, 5) is 32.5. The number of aromatic amines is 1. The number of aryl methyl sites for hydroxylation is 2. The molecule has 0 spiro atoms. The summed E-state index contributed by atoms with van der Waals surface area (Å²) in [5.74, 6) is 1.05. The Hall–Kier alpha value is -2.41. The van der Waals surface area contributed by atoms with Crippen LogP contribution in [-0.4, -0.2) is 40.1 Å². The lowest BCUT2D eigenvalue weighted by Gasteiger charge is -2.23. The summed E-state index contributed by atoms with van der Waals surface area (Å²) in [6.45, 7) is 4.95. The van der Waals surface area contributed by atoms with Crippen LogP contribution in [0.4, 0.5) is 0 Å². The molecule has 0 saturated carbocycles. The Morgan fingerprint density at radius 1 is 1.46 bits per heavy atom. The predicted octanol–water partition coefficient (Wildman–Crippen LogP) is 1.24. The molecule has 2 aromatic heterocycles. The summed E-state index contributed by atoms with van der Waals surface area (Å²) >= 11 is 0. The maximum absolute atomic E-state index is 12.8. The molecule has 0 aliphatic carbocycles. The molecule has 7 nitrogen and oxygen atoms in total. The largest absolute Gasteiger partial charge is 0.352 e. The molecule has 1 aliphatic heterocycles. The number of nitrogens with one attached hydrogen (secondary N) is 3. The van der Waals surface area contributed by atoms with Gasteiger partial charge in [-0.15, -0.1) is 0 Å². The third-order valence-corrected chi connectivity index (χ3v) is 4.89. The van der Waals surface area contributed by atoms with Gasteiger partial charge in [-0.2, -0.15) is 0 Å². The van der Waals surface area contributed by atoms with E-state index in [0.29, 0.717) is 19.0 Å². The van der Waals surface area contributed by atoms with Crippen LogP contribution in [-0.2, 0) is 13.0 Å². The zero-order valence-electron chi connectivity index (χ0n) is 15.3. The fourth-order valence-corrected chi connectivity index (χ4v) is 3.42. The summed E-state index contributed by atoms with van der Waals surface area (Å²) < 4.78 is 1.68. The Kier molecular flexibility index (Phi) is 6.22. The van der Waals surface area contributed by atoms with E-state index in [1.807, 2.05) is 13.0 Å². The summed E-state index contributed by atoms with van der Waals surface area (Å²) in [5, 5.41) is 6.23. The first kappa shape index (κ1) is 18.4. The number of imidazole rings is 1. The van der Waals surface area contributed by atoms with Gasteiger partial charge in [0.2, 0.25) is 0 Å². The number of amides is 1. The first-order valence-electron chi connectivity index (χ1n) is 9.32. The zero-order chi connectivity index (χ0) is 18.4. The van der Waals surface area contributed by atoms with Crippen LogP contribution in [0.1, 0.15) is 41.0 Å². The smallest absolute Gasteiger partial charge is 0.263 e. The Bertz CT molecular complexity index is 776.